The van der Waals surface area contributed by atoms with Gasteiger partial charge in [0.1, 0.15) is 0 Å². The first-order valence-corrected chi connectivity index (χ1v) is 9.13. The Kier molecular flexibility index (Phi) is 5.05. The van der Waals surface area contributed by atoms with E-state index in [-0.39, 0.29) is 18.2 Å². The lowest BCUT2D eigenvalue weighted by atomic mass is 10.0. The maximum Gasteiger partial charge on any atom is 0.305 e. The highest BCUT2D eigenvalue weighted by Gasteiger charge is 2.54. The third kappa shape index (κ3) is 3.94. The number of carbonyl (C=O) groups excluding carboxylic acids is 1. The summed E-state index contributed by atoms with van der Waals surface area (Å²) in [5, 5.41) is 12.1. The van der Waals surface area contributed by atoms with Gasteiger partial charge in [0.25, 0.3) is 0 Å². The van der Waals surface area contributed by atoms with Gasteiger partial charge in [-0.3, -0.25) is 9.59 Å². The van der Waals surface area contributed by atoms with E-state index in [1.807, 2.05) is 24.3 Å². The van der Waals surface area contributed by atoms with E-state index in [1.165, 1.54) is 19.3 Å². The quantitative estimate of drug-likeness (QED) is 0.814. The Morgan fingerprint density at radius 3 is 2.30 bits per heavy atom. The molecule has 4 atom stereocenters. The fourth-order valence-electron chi connectivity index (χ4n) is 3.95. The zero-order chi connectivity index (χ0) is 16.4. The molecule has 1 aromatic carbocycles. The summed E-state index contributed by atoms with van der Waals surface area (Å²) in [6, 6.07) is 7.01. The monoisotopic (exact) mass is 379 g/mol. The van der Waals surface area contributed by atoms with Gasteiger partial charge in [-0.25, -0.2) is 0 Å². The summed E-state index contributed by atoms with van der Waals surface area (Å²) in [5.41, 5.74) is 0.838. The first kappa shape index (κ1) is 16.5. The standard InChI is InChI=1S/C18H22BrNO3/c19-12-8-6-11(7-9-12)15(10-16(21)22)20-18(23)17-13-4-2-1-3-5-14(13)17/h6-9,13-15,17H,1-5,10H2,(H,20,23)(H,21,22)/t13-,14+,15?,17?. The van der Waals surface area contributed by atoms with E-state index >= 15 is 0 Å². The van der Waals surface area contributed by atoms with Crippen molar-refractivity contribution in [2.24, 2.45) is 17.8 Å². The molecule has 0 aliphatic heterocycles. The van der Waals surface area contributed by atoms with Crippen LogP contribution in [-0.4, -0.2) is 17.0 Å². The highest BCUT2D eigenvalue weighted by atomic mass is 79.9. The van der Waals surface area contributed by atoms with Crippen LogP contribution in [0, 0.1) is 17.8 Å². The van der Waals surface area contributed by atoms with Crippen molar-refractivity contribution in [1.29, 1.82) is 0 Å². The third-order valence-electron chi connectivity index (χ3n) is 5.18. The molecule has 2 aliphatic rings. The topological polar surface area (TPSA) is 66.4 Å². The number of amides is 1. The van der Waals surface area contributed by atoms with E-state index in [2.05, 4.69) is 21.2 Å². The minimum absolute atomic E-state index is 0.0380. The van der Waals surface area contributed by atoms with E-state index in [9.17, 15) is 9.59 Å². The van der Waals surface area contributed by atoms with Crippen molar-refractivity contribution in [3.8, 4) is 0 Å². The van der Waals surface area contributed by atoms with Crippen LogP contribution in [-0.2, 0) is 9.59 Å². The SMILES string of the molecule is O=C(O)CC(NC(=O)C1[C@H]2CCCCC[C@@H]12)c1ccc(Br)cc1. The number of rotatable bonds is 5. The van der Waals surface area contributed by atoms with E-state index in [0.29, 0.717) is 11.8 Å². The molecule has 0 saturated heterocycles. The maximum atomic E-state index is 12.6. The summed E-state index contributed by atoms with van der Waals surface area (Å²) >= 11 is 3.37. The van der Waals surface area contributed by atoms with Crippen molar-refractivity contribution in [1.82, 2.24) is 5.32 Å². The number of fused-ring (bicyclic) bond motifs is 1. The van der Waals surface area contributed by atoms with Crippen LogP contribution < -0.4 is 5.32 Å². The van der Waals surface area contributed by atoms with Crippen molar-refractivity contribution in [3.05, 3.63) is 34.3 Å². The van der Waals surface area contributed by atoms with Crippen LogP contribution in [0.1, 0.15) is 50.1 Å². The normalized spacial score (nSPS) is 27.4. The van der Waals surface area contributed by atoms with Crippen LogP contribution in [0.15, 0.2) is 28.7 Å². The molecule has 23 heavy (non-hydrogen) atoms. The zero-order valence-electron chi connectivity index (χ0n) is 13.0. The fraction of sp³-hybridized carbons (Fsp3) is 0.556. The highest BCUT2D eigenvalue weighted by molar-refractivity contribution is 9.10. The van der Waals surface area contributed by atoms with E-state index in [4.69, 9.17) is 5.11 Å². The lowest BCUT2D eigenvalue weighted by Gasteiger charge is -2.18. The summed E-state index contributed by atoms with van der Waals surface area (Å²) in [5.74, 6) is 0.280. The van der Waals surface area contributed by atoms with Gasteiger partial charge in [0.2, 0.25) is 5.91 Å². The van der Waals surface area contributed by atoms with Gasteiger partial charge in [-0.2, -0.15) is 0 Å². The van der Waals surface area contributed by atoms with Crippen LogP contribution in [0.4, 0.5) is 0 Å². The molecular weight excluding hydrogens is 358 g/mol. The van der Waals surface area contributed by atoms with E-state index < -0.39 is 12.0 Å². The molecule has 5 heteroatoms. The van der Waals surface area contributed by atoms with Crippen molar-refractivity contribution in [3.63, 3.8) is 0 Å². The molecule has 2 unspecified atom stereocenters. The molecular formula is C18H22BrNO3. The molecule has 2 fully saturated rings. The van der Waals surface area contributed by atoms with Crippen LogP contribution in [0.3, 0.4) is 0 Å². The van der Waals surface area contributed by atoms with Crippen molar-refractivity contribution in [2.75, 3.05) is 0 Å². The van der Waals surface area contributed by atoms with Gasteiger partial charge in [-0.1, -0.05) is 47.3 Å². The number of nitrogens with one attached hydrogen (secondary N) is 1. The Balaban J connectivity index is 1.67. The minimum atomic E-state index is -0.900. The third-order valence-corrected chi connectivity index (χ3v) is 5.71. The Bertz CT molecular complexity index is 574. The molecule has 1 aromatic rings. The average molecular weight is 380 g/mol. The van der Waals surface area contributed by atoms with Crippen LogP contribution >= 0.6 is 15.9 Å². The average Bonchev–Trinajstić information content (AvgIpc) is 3.21. The van der Waals surface area contributed by atoms with Gasteiger partial charge < -0.3 is 10.4 Å². The Morgan fingerprint density at radius 1 is 1.13 bits per heavy atom. The lowest BCUT2D eigenvalue weighted by molar-refractivity contribution is -0.137. The Morgan fingerprint density at radius 2 is 1.74 bits per heavy atom. The second kappa shape index (κ2) is 7.04. The smallest absolute Gasteiger partial charge is 0.305 e. The molecule has 3 rings (SSSR count). The second-order valence-electron chi connectivity index (χ2n) is 6.70. The molecule has 4 nitrogen and oxygen atoms in total. The van der Waals surface area contributed by atoms with Gasteiger partial charge in [-0.05, 0) is 42.4 Å². The lowest BCUT2D eigenvalue weighted by Crippen LogP contribution is -2.32. The molecule has 2 saturated carbocycles. The van der Waals surface area contributed by atoms with E-state index in [0.717, 1.165) is 22.9 Å². The van der Waals surface area contributed by atoms with Crippen LogP contribution in [0.25, 0.3) is 0 Å². The highest BCUT2D eigenvalue weighted by Crippen LogP contribution is 2.54. The molecule has 0 bridgehead atoms. The van der Waals surface area contributed by atoms with Gasteiger partial charge in [0.15, 0.2) is 0 Å². The summed E-state index contributed by atoms with van der Waals surface area (Å²) in [4.78, 5) is 23.8. The van der Waals surface area contributed by atoms with Gasteiger partial charge in [0, 0.05) is 10.4 Å². The van der Waals surface area contributed by atoms with Gasteiger partial charge in [0.05, 0.1) is 12.5 Å². The molecule has 2 aliphatic carbocycles. The minimum Gasteiger partial charge on any atom is -0.481 e. The molecule has 2 N–H and O–H groups in total. The van der Waals surface area contributed by atoms with Gasteiger partial charge >= 0.3 is 5.97 Å². The molecule has 0 aromatic heterocycles. The van der Waals surface area contributed by atoms with Crippen molar-refractivity contribution < 1.29 is 14.7 Å². The number of hydrogen-bond donors (Lipinski definition) is 2. The molecule has 0 spiro atoms. The molecule has 124 valence electrons. The first-order valence-electron chi connectivity index (χ1n) is 8.34. The summed E-state index contributed by atoms with van der Waals surface area (Å²) in [6.07, 6.45) is 5.92. The van der Waals surface area contributed by atoms with Crippen molar-refractivity contribution >= 4 is 27.8 Å². The fourth-order valence-corrected chi connectivity index (χ4v) is 4.21. The molecule has 1 amide bonds. The largest absolute Gasteiger partial charge is 0.481 e. The number of carboxylic acid groups (broad SMARTS) is 1. The first-order chi connectivity index (χ1) is 11.1. The number of benzene rings is 1. The number of aliphatic carboxylic acids is 1. The Labute approximate surface area is 144 Å². The number of carboxylic acids is 1. The number of carbonyl (C=O) groups is 2. The number of halogens is 1. The van der Waals surface area contributed by atoms with Crippen molar-refractivity contribution in [2.45, 2.75) is 44.6 Å². The number of hydrogen-bond acceptors (Lipinski definition) is 2. The summed E-state index contributed by atoms with van der Waals surface area (Å²) in [6.45, 7) is 0. The Hall–Kier alpha value is -1.36. The zero-order valence-corrected chi connectivity index (χ0v) is 14.6. The maximum absolute atomic E-state index is 12.6. The molecule has 0 radical (unpaired) electrons. The molecule has 0 heterocycles. The van der Waals surface area contributed by atoms with E-state index in [1.54, 1.807) is 0 Å². The van der Waals surface area contributed by atoms with Crippen LogP contribution in [0.5, 0.6) is 0 Å². The van der Waals surface area contributed by atoms with Crippen LogP contribution in [0.2, 0.25) is 0 Å². The van der Waals surface area contributed by atoms with Gasteiger partial charge in [-0.15, -0.1) is 0 Å². The predicted octanol–water partition coefficient (Wildman–Crippen LogP) is 3.91. The second-order valence-corrected chi connectivity index (χ2v) is 7.62. The predicted molar refractivity (Wildman–Crippen MR) is 90.8 cm³/mol. The summed E-state index contributed by atoms with van der Waals surface area (Å²) in [7, 11) is 0. The summed E-state index contributed by atoms with van der Waals surface area (Å²) < 4.78 is 0.936.